The average molecular weight is 521 g/mol. The molecular weight excluding hydrogens is 484 g/mol. The van der Waals surface area contributed by atoms with E-state index in [1.165, 1.54) is 4.88 Å². The lowest BCUT2D eigenvalue weighted by Gasteiger charge is -2.33. The normalized spacial score (nSPS) is 15.4. The van der Waals surface area contributed by atoms with E-state index in [4.69, 9.17) is 19.2 Å². The summed E-state index contributed by atoms with van der Waals surface area (Å²) in [5, 5.41) is 3.80. The van der Waals surface area contributed by atoms with Gasteiger partial charge in [-0.15, -0.1) is 11.3 Å². The van der Waals surface area contributed by atoms with Gasteiger partial charge in [-0.3, -0.25) is 4.79 Å². The molecule has 1 aromatic heterocycles. The highest BCUT2D eigenvalue weighted by molar-refractivity contribution is 7.16. The molecule has 196 valence electrons. The third kappa shape index (κ3) is 6.16. The predicted molar refractivity (Wildman–Crippen MR) is 152 cm³/mol. The highest BCUT2D eigenvalue weighted by Crippen LogP contribution is 2.45. The van der Waals surface area contributed by atoms with Gasteiger partial charge in [0.25, 0.3) is 5.91 Å². The van der Waals surface area contributed by atoms with Crippen molar-refractivity contribution in [2.45, 2.75) is 47.0 Å². The summed E-state index contributed by atoms with van der Waals surface area (Å²) in [6.45, 7) is 9.48. The smallest absolute Gasteiger partial charge is 0.259 e. The maximum Gasteiger partial charge on any atom is 0.259 e. The molecule has 7 heteroatoms. The van der Waals surface area contributed by atoms with Crippen LogP contribution in [0.25, 0.3) is 0 Å². The number of nitrogens with zero attached hydrogens (tertiary/aromatic N) is 1. The first kappa shape index (κ1) is 26.7. The molecule has 0 saturated carbocycles. The number of thiophene rings is 1. The second-order valence-electron chi connectivity index (χ2n) is 10.3. The molecule has 1 aliphatic rings. The van der Waals surface area contributed by atoms with Crippen LogP contribution in [0.1, 0.15) is 60.5 Å². The van der Waals surface area contributed by atoms with Crippen LogP contribution in [0.5, 0.6) is 17.2 Å². The Balaban J connectivity index is 1.68. The molecule has 1 unspecified atom stereocenters. The fraction of sp³-hybridized carbons (Fsp3) is 0.400. The highest BCUT2D eigenvalue weighted by Gasteiger charge is 2.33. The van der Waals surface area contributed by atoms with E-state index >= 15 is 0 Å². The predicted octanol–water partition coefficient (Wildman–Crippen LogP) is 7.32. The lowest BCUT2D eigenvalue weighted by atomic mass is 9.72. The second-order valence-corrected chi connectivity index (χ2v) is 11.4. The van der Waals surface area contributed by atoms with Gasteiger partial charge in [-0.2, -0.15) is 0 Å². The van der Waals surface area contributed by atoms with Crippen LogP contribution in [0.3, 0.4) is 0 Å². The molecule has 1 amide bonds. The van der Waals surface area contributed by atoms with Crippen LogP contribution in [0.2, 0.25) is 0 Å². The summed E-state index contributed by atoms with van der Waals surface area (Å²) >= 11 is 1.63. The van der Waals surface area contributed by atoms with E-state index in [9.17, 15) is 4.79 Å². The number of rotatable bonds is 8. The lowest BCUT2D eigenvalue weighted by Crippen LogP contribution is -2.27. The minimum absolute atomic E-state index is 0.172. The number of amides is 1. The second kappa shape index (κ2) is 11.4. The number of aliphatic imine (C=N–C) groups is 1. The molecule has 4 rings (SSSR count). The maximum atomic E-state index is 13.7. The fourth-order valence-electron chi connectivity index (χ4n) is 4.67. The first-order valence-electron chi connectivity index (χ1n) is 12.7. The average Bonchev–Trinajstić information content (AvgIpc) is 3.26. The number of fused-ring (bicyclic) bond motifs is 1. The number of nitrogens with one attached hydrogen (secondary N) is 1. The Morgan fingerprint density at radius 1 is 1.11 bits per heavy atom. The van der Waals surface area contributed by atoms with Gasteiger partial charge >= 0.3 is 0 Å². The lowest BCUT2D eigenvalue weighted by molar-refractivity contribution is 0.102. The minimum Gasteiger partial charge on any atom is -0.497 e. The fourth-order valence-corrected chi connectivity index (χ4v) is 5.94. The van der Waals surface area contributed by atoms with Gasteiger partial charge in [-0.1, -0.05) is 20.8 Å². The number of hydrogen-bond acceptors (Lipinski definition) is 6. The zero-order valence-corrected chi connectivity index (χ0v) is 23.3. The Morgan fingerprint density at radius 3 is 2.49 bits per heavy atom. The largest absolute Gasteiger partial charge is 0.497 e. The summed E-state index contributed by atoms with van der Waals surface area (Å²) in [5.74, 6) is 2.43. The van der Waals surface area contributed by atoms with Crippen LogP contribution in [0, 0.1) is 11.3 Å². The zero-order chi connectivity index (χ0) is 26.6. The van der Waals surface area contributed by atoms with E-state index in [0.29, 0.717) is 35.3 Å². The zero-order valence-electron chi connectivity index (χ0n) is 22.5. The van der Waals surface area contributed by atoms with Gasteiger partial charge in [0, 0.05) is 17.2 Å². The first-order valence-corrected chi connectivity index (χ1v) is 13.5. The van der Waals surface area contributed by atoms with Gasteiger partial charge in [0.05, 0.1) is 32.1 Å². The van der Waals surface area contributed by atoms with Crippen molar-refractivity contribution in [3.63, 3.8) is 0 Å². The van der Waals surface area contributed by atoms with Crippen LogP contribution in [-0.4, -0.2) is 32.9 Å². The molecular formula is C30H36N2O4S. The highest BCUT2D eigenvalue weighted by atomic mass is 32.1. The third-order valence-electron chi connectivity index (χ3n) is 6.88. The van der Waals surface area contributed by atoms with Crippen molar-refractivity contribution in [1.29, 1.82) is 0 Å². The summed E-state index contributed by atoms with van der Waals surface area (Å²) in [6.07, 6.45) is 4.71. The van der Waals surface area contributed by atoms with E-state index in [-0.39, 0.29) is 11.3 Å². The van der Waals surface area contributed by atoms with Crippen molar-refractivity contribution in [2.75, 3.05) is 26.1 Å². The topological polar surface area (TPSA) is 69.2 Å². The maximum absolute atomic E-state index is 13.7. The molecule has 1 atom stereocenters. The molecule has 6 nitrogen and oxygen atoms in total. The van der Waals surface area contributed by atoms with Gasteiger partial charge in [0.2, 0.25) is 0 Å². The van der Waals surface area contributed by atoms with Crippen LogP contribution in [0.15, 0.2) is 47.5 Å². The Kier molecular flexibility index (Phi) is 8.22. The summed E-state index contributed by atoms with van der Waals surface area (Å²) in [5.41, 5.74) is 3.54. The molecule has 0 radical (unpaired) electrons. The van der Waals surface area contributed by atoms with E-state index < -0.39 is 0 Å². The first-order chi connectivity index (χ1) is 17.7. The Hall–Kier alpha value is -3.32. The number of carbonyl (C=O) groups is 1. The molecule has 0 fully saturated rings. The monoisotopic (exact) mass is 520 g/mol. The SMILES string of the molecule is CCOc1ccc(C=Nc2sc3c(c2C(=O)Nc2ccc(OC)cc2OC)CCC(C(C)(C)C)C3)cc1. The van der Waals surface area contributed by atoms with E-state index in [1.807, 2.05) is 37.4 Å². The molecule has 1 heterocycles. The minimum atomic E-state index is -0.172. The van der Waals surface area contributed by atoms with Crippen LogP contribution in [0.4, 0.5) is 10.7 Å². The summed E-state index contributed by atoms with van der Waals surface area (Å²) in [4.78, 5) is 19.8. The van der Waals surface area contributed by atoms with Gasteiger partial charge in [0.15, 0.2) is 0 Å². The Morgan fingerprint density at radius 2 is 1.84 bits per heavy atom. The van der Waals surface area contributed by atoms with E-state index in [2.05, 4.69) is 26.1 Å². The van der Waals surface area contributed by atoms with Gasteiger partial charge in [-0.05, 0) is 85.0 Å². The van der Waals surface area contributed by atoms with Crippen molar-refractivity contribution >= 4 is 34.1 Å². The molecule has 1 aliphatic carbocycles. The molecule has 0 aliphatic heterocycles. The molecule has 37 heavy (non-hydrogen) atoms. The van der Waals surface area contributed by atoms with Crippen molar-refractivity contribution in [1.82, 2.24) is 0 Å². The van der Waals surface area contributed by atoms with Crippen molar-refractivity contribution in [2.24, 2.45) is 16.3 Å². The van der Waals surface area contributed by atoms with Crippen molar-refractivity contribution < 1.29 is 19.0 Å². The summed E-state index contributed by atoms with van der Waals surface area (Å²) < 4.78 is 16.3. The molecule has 0 spiro atoms. The van der Waals surface area contributed by atoms with Crippen molar-refractivity contribution in [3.8, 4) is 17.2 Å². The van der Waals surface area contributed by atoms with Gasteiger partial charge in [-0.25, -0.2) is 4.99 Å². The number of hydrogen-bond donors (Lipinski definition) is 1. The van der Waals surface area contributed by atoms with Gasteiger partial charge < -0.3 is 19.5 Å². The number of anilines is 1. The Labute approximate surface area is 223 Å². The molecule has 2 aromatic carbocycles. The quantitative estimate of drug-likeness (QED) is 0.316. The number of benzene rings is 2. The van der Waals surface area contributed by atoms with Gasteiger partial charge in [0.1, 0.15) is 22.2 Å². The van der Waals surface area contributed by atoms with Crippen LogP contribution in [-0.2, 0) is 12.8 Å². The standard InChI is InChI=1S/C30H36N2O4S/c1-7-36-21-11-8-19(9-12-21)18-31-29-27(23-14-10-20(30(2,3)4)16-26(23)37-29)28(33)32-24-15-13-22(34-5)17-25(24)35-6/h8-9,11-13,15,17-18,20H,7,10,14,16H2,1-6H3,(H,32,33). The summed E-state index contributed by atoms with van der Waals surface area (Å²) in [6, 6.07) is 13.2. The van der Waals surface area contributed by atoms with Crippen LogP contribution >= 0.6 is 11.3 Å². The molecule has 1 N–H and O–H groups in total. The number of ether oxygens (including phenoxy) is 3. The molecule has 0 bridgehead atoms. The molecule has 3 aromatic rings. The number of carbonyl (C=O) groups excluding carboxylic acids is 1. The number of methoxy groups -OCH3 is 2. The van der Waals surface area contributed by atoms with E-state index in [1.54, 1.807) is 43.8 Å². The van der Waals surface area contributed by atoms with E-state index in [0.717, 1.165) is 41.1 Å². The Bertz CT molecular complexity index is 1270. The molecule has 0 saturated heterocycles. The van der Waals surface area contributed by atoms with Crippen molar-refractivity contribution in [3.05, 3.63) is 64.0 Å². The van der Waals surface area contributed by atoms with Crippen LogP contribution < -0.4 is 19.5 Å². The summed E-state index contributed by atoms with van der Waals surface area (Å²) in [7, 11) is 3.18. The third-order valence-corrected chi connectivity index (χ3v) is 8.04.